The Labute approximate surface area is 142 Å². The highest BCUT2D eigenvalue weighted by atomic mass is 16.5. The summed E-state index contributed by atoms with van der Waals surface area (Å²) in [5.41, 5.74) is 1.69. The molecule has 8 nitrogen and oxygen atoms in total. The van der Waals surface area contributed by atoms with Crippen LogP contribution in [-0.4, -0.2) is 50.1 Å². The Hall–Kier alpha value is -3.55. The van der Waals surface area contributed by atoms with Gasteiger partial charge in [0.1, 0.15) is 18.7 Å². The molecule has 4 rings (SSSR count). The van der Waals surface area contributed by atoms with Gasteiger partial charge in [0.05, 0.1) is 23.4 Å². The first-order chi connectivity index (χ1) is 12.2. The molecule has 124 valence electrons. The Morgan fingerprint density at radius 3 is 2.20 bits per heavy atom. The zero-order valence-corrected chi connectivity index (χ0v) is 13.1. The highest BCUT2D eigenvalue weighted by molar-refractivity contribution is 6.21. The fraction of sp³-hybridized carbons (Fsp3) is 0.118. The van der Waals surface area contributed by atoms with Gasteiger partial charge in [0, 0.05) is 0 Å². The highest BCUT2D eigenvalue weighted by Gasteiger charge is 2.34. The van der Waals surface area contributed by atoms with Crippen LogP contribution >= 0.6 is 0 Å². The van der Waals surface area contributed by atoms with E-state index in [1.54, 1.807) is 36.4 Å². The first kappa shape index (κ1) is 15.0. The minimum Gasteiger partial charge on any atom is -0.492 e. The van der Waals surface area contributed by atoms with Crippen LogP contribution in [0.25, 0.3) is 5.69 Å². The molecule has 2 heterocycles. The van der Waals surface area contributed by atoms with Crippen LogP contribution in [0.15, 0.2) is 54.9 Å². The molecule has 0 fully saturated rings. The molecule has 8 heteroatoms. The first-order valence-corrected chi connectivity index (χ1v) is 7.65. The summed E-state index contributed by atoms with van der Waals surface area (Å²) in [6, 6.07) is 14.0. The summed E-state index contributed by atoms with van der Waals surface area (Å²) in [6.45, 7) is 0.413. The predicted molar refractivity (Wildman–Crippen MR) is 86.5 cm³/mol. The number of tetrazole rings is 1. The van der Waals surface area contributed by atoms with Crippen LogP contribution in [0, 0.1) is 0 Å². The molecule has 0 atom stereocenters. The van der Waals surface area contributed by atoms with E-state index < -0.39 is 0 Å². The number of carbonyl (C=O) groups excluding carboxylic acids is 2. The second-order valence-corrected chi connectivity index (χ2v) is 5.40. The van der Waals surface area contributed by atoms with Crippen LogP contribution in [0.1, 0.15) is 20.7 Å². The van der Waals surface area contributed by atoms with Crippen molar-refractivity contribution in [2.24, 2.45) is 0 Å². The molecule has 25 heavy (non-hydrogen) atoms. The Morgan fingerprint density at radius 1 is 0.920 bits per heavy atom. The molecule has 1 aliphatic rings. The van der Waals surface area contributed by atoms with E-state index in [0.29, 0.717) is 16.9 Å². The summed E-state index contributed by atoms with van der Waals surface area (Å²) in [4.78, 5) is 25.7. The lowest BCUT2D eigenvalue weighted by Crippen LogP contribution is -2.33. The molecule has 0 radical (unpaired) electrons. The number of hydrogen-bond acceptors (Lipinski definition) is 6. The third-order valence-electron chi connectivity index (χ3n) is 3.91. The van der Waals surface area contributed by atoms with Crippen LogP contribution in [0.3, 0.4) is 0 Å². The summed E-state index contributed by atoms with van der Waals surface area (Å²) in [5, 5.41) is 11.0. The largest absolute Gasteiger partial charge is 0.492 e. The zero-order chi connectivity index (χ0) is 17.2. The fourth-order valence-corrected chi connectivity index (χ4v) is 2.67. The number of nitrogens with zero attached hydrogens (tertiary/aromatic N) is 5. The molecule has 3 aromatic rings. The van der Waals surface area contributed by atoms with Crippen LogP contribution in [-0.2, 0) is 0 Å². The van der Waals surface area contributed by atoms with Gasteiger partial charge in [0.25, 0.3) is 11.8 Å². The number of ether oxygens (including phenoxy) is 1. The molecule has 0 unspecified atom stereocenters. The molecule has 1 aliphatic heterocycles. The second kappa shape index (κ2) is 6.16. The van der Waals surface area contributed by atoms with Gasteiger partial charge in [0.15, 0.2) is 0 Å². The number of aromatic nitrogens is 4. The summed E-state index contributed by atoms with van der Waals surface area (Å²) in [5.74, 6) is 0.0740. The van der Waals surface area contributed by atoms with Crippen LogP contribution < -0.4 is 4.74 Å². The summed E-state index contributed by atoms with van der Waals surface area (Å²) < 4.78 is 7.16. The van der Waals surface area contributed by atoms with Crippen molar-refractivity contribution >= 4 is 11.8 Å². The number of imide groups is 1. The van der Waals surface area contributed by atoms with Crippen molar-refractivity contribution < 1.29 is 14.3 Å². The second-order valence-electron chi connectivity index (χ2n) is 5.40. The van der Waals surface area contributed by atoms with Gasteiger partial charge in [-0.05, 0) is 46.8 Å². The molecule has 1 aromatic heterocycles. The molecule has 0 saturated heterocycles. The minimum absolute atomic E-state index is 0.196. The number of hydrogen-bond donors (Lipinski definition) is 0. The van der Waals surface area contributed by atoms with Gasteiger partial charge in [-0.1, -0.05) is 12.1 Å². The molecule has 0 N–H and O–H groups in total. The van der Waals surface area contributed by atoms with Crippen molar-refractivity contribution in [3.8, 4) is 11.4 Å². The Kier molecular flexibility index (Phi) is 3.70. The number of carbonyl (C=O) groups is 2. The summed E-state index contributed by atoms with van der Waals surface area (Å²) in [7, 11) is 0. The number of fused-ring (bicyclic) bond motifs is 1. The van der Waals surface area contributed by atoms with Crippen molar-refractivity contribution in [1.82, 2.24) is 25.1 Å². The molecule has 0 bridgehead atoms. The van der Waals surface area contributed by atoms with E-state index in [4.69, 9.17) is 4.74 Å². The normalized spacial score (nSPS) is 13.2. The van der Waals surface area contributed by atoms with Crippen molar-refractivity contribution in [2.45, 2.75) is 0 Å². The molecule has 2 aromatic carbocycles. The van der Waals surface area contributed by atoms with Gasteiger partial charge in [-0.25, -0.2) is 4.68 Å². The predicted octanol–water partition coefficient (Wildman–Crippen LogP) is 1.34. The average molecular weight is 335 g/mol. The maximum Gasteiger partial charge on any atom is 0.261 e. The van der Waals surface area contributed by atoms with E-state index in [1.165, 1.54) is 15.9 Å². The maximum atomic E-state index is 12.3. The van der Waals surface area contributed by atoms with E-state index in [0.717, 1.165) is 5.69 Å². The van der Waals surface area contributed by atoms with Crippen molar-refractivity contribution in [1.29, 1.82) is 0 Å². The third kappa shape index (κ3) is 2.74. The van der Waals surface area contributed by atoms with Gasteiger partial charge < -0.3 is 4.74 Å². The minimum atomic E-state index is -0.279. The smallest absolute Gasteiger partial charge is 0.261 e. The number of rotatable bonds is 5. The maximum absolute atomic E-state index is 12.3. The van der Waals surface area contributed by atoms with Crippen LogP contribution in [0.2, 0.25) is 0 Å². The lowest BCUT2D eigenvalue weighted by Gasteiger charge is -2.14. The van der Waals surface area contributed by atoms with Gasteiger partial charge >= 0.3 is 0 Å². The Balaban J connectivity index is 1.37. The van der Waals surface area contributed by atoms with Gasteiger partial charge in [-0.2, -0.15) is 0 Å². The van der Waals surface area contributed by atoms with Gasteiger partial charge in [0.2, 0.25) is 0 Å². The van der Waals surface area contributed by atoms with E-state index in [9.17, 15) is 9.59 Å². The first-order valence-electron chi connectivity index (χ1n) is 7.65. The fourth-order valence-electron chi connectivity index (χ4n) is 2.67. The SMILES string of the molecule is O=C1c2ccccc2C(=O)N1CCOc1ccc(-n2cnnn2)cc1. The van der Waals surface area contributed by atoms with Crippen molar-refractivity contribution in [2.75, 3.05) is 13.2 Å². The standard InChI is InChI=1S/C17H13N5O3/c23-16-14-3-1-2-4-15(14)17(24)21(16)9-10-25-13-7-5-12(6-8-13)22-11-18-19-20-22/h1-8,11H,9-10H2. The average Bonchev–Trinajstić information content (AvgIpc) is 3.26. The number of benzene rings is 2. The van der Waals surface area contributed by atoms with E-state index in [1.807, 2.05) is 12.1 Å². The molecular formula is C17H13N5O3. The van der Waals surface area contributed by atoms with Crippen LogP contribution in [0.4, 0.5) is 0 Å². The van der Waals surface area contributed by atoms with Crippen molar-refractivity contribution in [3.63, 3.8) is 0 Å². The van der Waals surface area contributed by atoms with E-state index in [-0.39, 0.29) is 25.0 Å². The van der Waals surface area contributed by atoms with E-state index >= 15 is 0 Å². The molecular weight excluding hydrogens is 322 g/mol. The number of amides is 2. The monoisotopic (exact) mass is 335 g/mol. The van der Waals surface area contributed by atoms with Crippen LogP contribution in [0.5, 0.6) is 5.75 Å². The zero-order valence-electron chi connectivity index (χ0n) is 13.1. The topological polar surface area (TPSA) is 90.2 Å². The summed E-state index contributed by atoms with van der Waals surface area (Å²) in [6.07, 6.45) is 1.50. The van der Waals surface area contributed by atoms with Crippen molar-refractivity contribution in [3.05, 3.63) is 66.0 Å². The molecule has 0 spiro atoms. The highest BCUT2D eigenvalue weighted by Crippen LogP contribution is 2.22. The summed E-state index contributed by atoms with van der Waals surface area (Å²) >= 11 is 0. The Morgan fingerprint density at radius 2 is 1.60 bits per heavy atom. The lowest BCUT2D eigenvalue weighted by atomic mass is 10.1. The molecule has 2 amide bonds. The molecule has 0 aliphatic carbocycles. The quantitative estimate of drug-likeness (QED) is 0.654. The lowest BCUT2D eigenvalue weighted by molar-refractivity contribution is 0.0631. The van der Waals surface area contributed by atoms with Gasteiger partial charge in [-0.3, -0.25) is 14.5 Å². The Bertz CT molecular complexity index is 887. The van der Waals surface area contributed by atoms with Gasteiger partial charge in [-0.15, -0.1) is 5.10 Å². The third-order valence-corrected chi connectivity index (χ3v) is 3.91. The van der Waals surface area contributed by atoms with E-state index in [2.05, 4.69) is 15.5 Å². The molecule has 0 saturated carbocycles.